The molecule has 11 heteroatoms. The van der Waals surface area contributed by atoms with E-state index >= 15 is 0 Å². The van der Waals surface area contributed by atoms with Gasteiger partial charge in [0.15, 0.2) is 11.5 Å². The molecule has 198 valence electrons. The molecule has 1 aromatic rings. The first kappa shape index (κ1) is 29.1. The Morgan fingerprint density at radius 2 is 1.57 bits per heavy atom. The van der Waals surface area contributed by atoms with E-state index in [0.717, 1.165) is 70.0 Å². The molecule has 3 fully saturated rings. The van der Waals surface area contributed by atoms with Crippen LogP contribution in [0.4, 0.5) is 0 Å². The molecular weight excluding hydrogens is 478 g/mol. The van der Waals surface area contributed by atoms with Gasteiger partial charge in [0.05, 0.1) is 20.3 Å². The molecule has 0 aromatic heterocycles. The molecule has 0 unspecified atom stereocenters. The second kappa shape index (κ2) is 14.4. The Morgan fingerprint density at radius 1 is 1.00 bits per heavy atom. The minimum Gasteiger partial charge on any atom is -0.493 e. The number of rotatable bonds is 5. The molecule has 0 spiro atoms. The topological polar surface area (TPSA) is 123 Å². The lowest BCUT2D eigenvalue weighted by atomic mass is 9.77. The van der Waals surface area contributed by atoms with E-state index in [-0.39, 0.29) is 19.0 Å². The van der Waals surface area contributed by atoms with Crippen molar-refractivity contribution in [2.24, 2.45) is 11.8 Å². The van der Waals surface area contributed by atoms with E-state index in [1.807, 2.05) is 6.07 Å². The highest BCUT2D eigenvalue weighted by Gasteiger charge is 2.43. The molecule has 4 rings (SSSR count). The molecule has 0 bridgehead atoms. The van der Waals surface area contributed by atoms with Gasteiger partial charge in [-0.2, -0.15) is 0 Å². The molecule has 3 N–H and O–H groups in total. The summed E-state index contributed by atoms with van der Waals surface area (Å²) in [5.74, 6) is 2.66. The van der Waals surface area contributed by atoms with Gasteiger partial charge in [-0.25, -0.2) is 0 Å². The largest absolute Gasteiger partial charge is 0.493 e. The van der Waals surface area contributed by atoms with Crippen LogP contribution in [0.3, 0.4) is 0 Å². The third-order valence-electron chi connectivity index (χ3n) is 7.11. The van der Waals surface area contributed by atoms with Gasteiger partial charge in [0.25, 0.3) is 12.9 Å². The smallest absolute Gasteiger partial charge is 0.290 e. The summed E-state index contributed by atoms with van der Waals surface area (Å²) in [7, 11) is 5.50. The molecule has 2 saturated heterocycles. The molecule has 10 nitrogen and oxygen atoms in total. The Labute approximate surface area is 212 Å². The lowest BCUT2D eigenvalue weighted by Gasteiger charge is -2.44. The number of nitrogens with zero attached hydrogens (tertiary/aromatic N) is 3. The number of carbonyl (C=O) groups is 2. The maximum atomic E-state index is 10.9. The number of hydrogen-bond acceptors (Lipinski definition) is 8. The van der Waals surface area contributed by atoms with Crippen molar-refractivity contribution in [1.29, 1.82) is 0 Å². The van der Waals surface area contributed by atoms with Crippen LogP contribution >= 0.6 is 11.6 Å². The van der Waals surface area contributed by atoms with Gasteiger partial charge in [-0.05, 0) is 37.8 Å². The van der Waals surface area contributed by atoms with Crippen molar-refractivity contribution >= 4 is 24.5 Å². The number of benzene rings is 1. The number of likely N-dealkylation sites (N-methyl/N-ethyl adjacent to an activating group) is 1. The van der Waals surface area contributed by atoms with Gasteiger partial charge in [-0.1, -0.05) is 11.6 Å². The zero-order valence-corrected chi connectivity index (χ0v) is 21.4. The fourth-order valence-electron chi connectivity index (χ4n) is 5.54. The minimum absolute atomic E-state index is 0.208. The van der Waals surface area contributed by atoms with Gasteiger partial charge in [0.2, 0.25) is 0 Å². The van der Waals surface area contributed by atoms with Crippen molar-refractivity contribution in [2.75, 3.05) is 60.5 Å². The molecule has 35 heavy (non-hydrogen) atoms. The normalized spacial score (nSPS) is 26.9. The van der Waals surface area contributed by atoms with E-state index < -0.39 is 0 Å². The lowest BCUT2D eigenvalue weighted by Crippen LogP contribution is -2.55. The van der Waals surface area contributed by atoms with Gasteiger partial charge in [-0.15, -0.1) is 0 Å². The number of ether oxygens (including phenoxy) is 2. The first-order chi connectivity index (χ1) is 16.8. The first-order valence-electron chi connectivity index (χ1n) is 11.7. The summed E-state index contributed by atoms with van der Waals surface area (Å²) in [5, 5.41) is 25.3. The molecule has 3 aliphatic rings. The van der Waals surface area contributed by atoms with Gasteiger partial charge in [0, 0.05) is 68.5 Å². The number of aliphatic hydroxyl groups excluding tert-OH is 1. The second-order valence-corrected chi connectivity index (χ2v) is 9.61. The number of aliphatic hydroxyl groups is 1. The van der Waals surface area contributed by atoms with Crippen molar-refractivity contribution < 1.29 is 34.4 Å². The number of likely N-dealkylation sites (tertiary alicyclic amines) is 1. The molecule has 1 saturated carbocycles. The summed E-state index contributed by atoms with van der Waals surface area (Å²) < 4.78 is 11.1. The van der Waals surface area contributed by atoms with E-state index in [4.69, 9.17) is 40.9 Å². The van der Waals surface area contributed by atoms with Crippen molar-refractivity contribution in [3.05, 3.63) is 22.7 Å². The summed E-state index contributed by atoms with van der Waals surface area (Å²) in [6, 6.07) is 4.09. The zero-order chi connectivity index (χ0) is 26.0. The average molecular weight is 516 g/mol. The zero-order valence-electron chi connectivity index (χ0n) is 20.7. The molecule has 0 amide bonds. The predicted octanol–water partition coefficient (Wildman–Crippen LogP) is 1.58. The Hall–Kier alpha value is -2.11. The molecule has 0 radical (unpaired) electrons. The number of hydrogen-bond donors (Lipinski definition) is 3. The van der Waals surface area contributed by atoms with Gasteiger partial charge >= 0.3 is 0 Å². The van der Waals surface area contributed by atoms with E-state index in [9.17, 15) is 5.11 Å². The third-order valence-corrected chi connectivity index (χ3v) is 7.32. The Balaban J connectivity index is 0.000000655. The standard InChI is InChI=1S/C22H34ClN3O3.2CH2O2/c1-24-4-6-26(7-5-24)19-9-15-12-25(13-16(15)10-20(19)27)14-17-8-18(23)11-21(28-2)22(17)29-3;2*2-1-3/h8,11,15-16,19-20,27H,4-7,9-10,12-14H2,1-3H3;2*1H,(H,2,3)/t15-,16+,19-,20-;;/m1../s1. The maximum Gasteiger partial charge on any atom is 0.290 e. The Morgan fingerprint density at radius 3 is 2.11 bits per heavy atom. The van der Waals surface area contributed by atoms with E-state index in [1.165, 1.54) is 0 Å². The summed E-state index contributed by atoms with van der Waals surface area (Å²) in [6.45, 7) is 6.72. The summed E-state index contributed by atoms with van der Waals surface area (Å²) >= 11 is 6.30. The summed E-state index contributed by atoms with van der Waals surface area (Å²) in [6.07, 6.45) is 1.80. The van der Waals surface area contributed by atoms with Crippen LogP contribution in [-0.2, 0) is 16.1 Å². The van der Waals surface area contributed by atoms with Crippen LogP contribution in [0.5, 0.6) is 11.5 Å². The van der Waals surface area contributed by atoms with E-state index in [1.54, 1.807) is 20.3 Å². The molecule has 1 aromatic carbocycles. The minimum atomic E-state index is -0.250. The van der Waals surface area contributed by atoms with Crippen LogP contribution < -0.4 is 9.47 Å². The molecule has 2 aliphatic heterocycles. The predicted molar refractivity (Wildman–Crippen MR) is 132 cm³/mol. The number of methoxy groups -OCH3 is 2. The molecular formula is C24H38ClN3O7. The Kier molecular flexibility index (Phi) is 12.0. The van der Waals surface area contributed by atoms with Crippen LogP contribution in [0.1, 0.15) is 18.4 Å². The highest BCUT2D eigenvalue weighted by molar-refractivity contribution is 6.30. The SMILES string of the molecule is COc1cc(Cl)cc(CN2C[C@H]3C[C@@H](N4CCN(C)CC4)[C@H](O)C[C@H]3C2)c1OC.O=CO.O=CO. The van der Waals surface area contributed by atoms with Crippen LogP contribution in [-0.4, -0.2) is 116 Å². The Bertz CT molecular complexity index is 802. The second-order valence-electron chi connectivity index (χ2n) is 9.17. The lowest BCUT2D eigenvalue weighted by molar-refractivity contribution is -0.123. The van der Waals surface area contributed by atoms with Crippen LogP contribution in [0.25, 0.3) is 0 Å². The van der Waals surface area contributed by atoms with Gasteiger partial charge in [-0.3, -0.25) is 19.4 Å². The number of piperazine rings is 1. The van der Waals surface area contributed by atoms with Crippen LogP contribution in [0, 0.1) is 11.8 Å². The fraction of sp³-hybridized carbons (Fsp3) is 0.667. The fourth-order valence-corrected chi connectivity index (χ4v) is 5.77. The first-order valence-corrected chi connectivity index (χ1v) is 12.1. The van der Waals surface area contributed by atoms with E-state index in [0.29, 0.717) is 28.6 Å². The molecule has 1 aliphatic carbocycles. The van der Waals surface area contributed by atoms with Crippen molar-refractivity contribution in [2.45, 2.75) is 31.5 Å². The van der Waals surface area contributed by atoms with Crippen LogP contribution in [0.15, 0.2) is 12.1 Å². The molecule has 2 heterocycles. The average Bonchev–Trinajstić information content (AvgIpc) is 3.20. The molecule has 4 atom stereocenters. The highest BCUT2D eigenvalue weighted by Crippen LogP contribution is 2.41. The van der Waals surface area contributed by atoms with Crippen molar-refractivity contribution in [3.63, 3.8) is 0 Å². The number of halogens is 1. The quantitative estimate of drug-likeness (QED) is 0.498. The van der Waals surface area contributed by atoms with Gasteiger partial charge in [0.1, 0.15) is 0 Å². The summed E-state index contributed by atoms with van der Waals surface area (Å²) in [5.41, 5.74) is 1.06. The van der Waals surface area contributed by atoms with E-state index in [2.05, 4.69) is 21.7 Å². The monoisotopic (exact) mass is 515 g/mol. The number of carboxylic acid groups (broad SMARTS) is 2. The van der Waals surface area contributed by atoms with Crippen molar-refractivity contribution in [3.8, 4) is 11.5 Å². The summed E-state index contributed by atoms with van der Waals surface area (Å²) in [4.78, 5) is 24.1. The highest BCUT2D eigenvalue weighted by atomic mass is 35.5. The third kappa shape index (κ3) is 7.94. The van der Waals surface area contributed by atoms with Crippen LogP contribution in [0.2, 0.25) is 5.02 Å². The van der Waals surface area contributed by atoms with Gasteiger partial charge < -0.3 is 29.7 Å². The number of fused-ring (bicyclic) bond motifs is 1. The van der Waals surface area contributed by atoms with Crippen molar-refractivity contribution in [1.82, 2.24) is 14.7 Å². The maximum absolute atomic E-state index is 10.9.